The summed E-state index contributed by atoms with van der Waals surface area (Å²) in [5.41, 5.74) is 4.73. The maximum atomic E-state index is 13.7. The number of carbonyl (C=O) groups excluding carboxylic acids is 2. The Bertz CT molecular complexity index is 1270. The van der Waals surface area contributed by atoms with E-state index in [0.29, 0.717) is 18.7 Å². The van der Waals surface area contributed by atoms with E-state index in [4.69, 9.17) is 4.74 Å². The summed E-state index contributed by atoms with van der Waals surface area (Å²) < 4.78 is 6.29. The molecule has 3 heterocycles. The number of ether oxygens (including phenoxy) is 1. The van der Waals surface area contributed by atoms with E-state index in [9.17, 15) is 9.59 Å². The van der Waals surface area contributed by atoms with Gasteiger partial charge in [-0.15, -0.1) is 22.7 Å². The highest BCUT2D eigenvalue weighted by molar-refractivity contribution is 7.16. The van der Waals surface area contributed by atoms with Crippen LogP contribution < -0.4 is 5.32 Å². The number of aromatic nitrogens is 1. The van der Waals surface area contributed by atoms with Crippen molar-refractivity contribution in [2.45, 2.75) is 12.0 Å². The third-order valence-corrected chi connectivity index (χ3v) is 7.43. The largest absolute Gasteiger partial charge is 0.383 e. The Kier molecular flexibility index (Phi) is 5.73. The normalized spacial score (nSPS) is 18.0. The van der Waals surface area contributed by atoms with Gasteiger partial charge in [0.2, 0.25) is 5.91 Å². The van der Waals surface area contributed by atoms with Crippen LogP contribution in [0.1, 0.15) is 32.8 Å². The molecule has 5 rings (SSSR count). The number of methoxy groups -OCH3 is 1. The summed E-state index contributed by atoms with van der Waals surface area (Å²) in [4.78, 5) is 34.2. The summed E-state index contributed by atoms with van der Waals surface area (Å²) in [6.45, 7) is 0.801. The van der Waals surface area contributed by atoms with Gasteiger partial charge in [-0.25, -0.2) is 4.98 Å². The van der Waals surface area contributed by atoms with Crippen molar-refractivity contribution in [3.8, 4) is 0 Å². The highest BCUT2D eigenvalue weighted by atomic mass is 32.1. The molecule has 2 aromatic heterocycles. The number of anilines is 1. The molecule has 4 aromatic rings. The van der Waals surface area contributed by atoms with Gasteiger partial charge in [0.1, 0.15) is 0 Å². The minimum absolute atomic E-state index is 0.0776. The van der Waals surface area contributed by atoms with Crippen molar-refractivity contribution in [1.82, 2.24) is 9.88 Å². The highest BCUT2D eigenvalue weighted by Gasteiger charge is 2.44. The van der Waals surface area contributed by atoms with Gasteiger partial charge in [-0.2, -0.15) is 0 Å². The highest BCUT2D eigenvalue weighted by Crippen LogP contribution is 2.44. The lowest BCUT2D eigenvalue weighted by atomic mass is 9.81. The number of hydrogen-bond donors (Lipinski definition) is 1. The van der Waals surface area contributed by atoms with Gasteiger partial charge in [0.25, 0.3) is 5.91 Å². The molecule has 2 aromatic carbocycles. The number of nitrogens with one attached hydrogen (secondary N) is 1. The molecule has 162 valence electrons. The van der Waals surface area contributed by atoms with Gasteiger partial charge in [-0.1, -0.05) is 24.3 Å². The quantitative estimate of drug-likeness (QED) is 0.440. The van der Waals surface area contributed by atoms with E-state index in [1.54, 1.807) is 34.9 Å². The standard InChI is InChI=1S/C24H21N3O3S2/c1-30-11-10-27-22(19-7-4-12-31-19)21(16-5-2-3-6-17(16)24(27)29)23(28)26-15-8-9-18-20(13-15)32-14-25-18/h2-9,12-14,21-22H,10-11H2,1H3,(H,26,28). The molecular formula is C24H21N3O3S2. The smallest absolute Gasteiger partial charge is 0.254 e. The number of carbonyl (C=O) groups is 2. The van der Waals surface area contributed by atoms with Crippen molar-refractivity contribution >= 4 is 50.4 Å². The molecule has 2 amide bonds. The SMILES string of the molecule is COCCN1C(=O)c2ccccc2C(C(=O)Nc2ccc3ncsc3c2)C1c1cccs1. The molecule has 6 nitrogen and oxygen atoms in total. The molecule has 1 aliphatic rings. The summed E-state index contributed by atoms with van der Waals surface area (Å²) in [7, 11) is 1.61. The van der Waals surface area contributed by atoms with E-state index in [-0.39, 0.29) is 11.8 Å². The minimum atomic E-state index is -0.545. The zero-order valence-electron chi connectivity index (χ0n) is 17.4. The third-order valence-electron chi connectivity index (χ3n) is 5.69. The molecular weight excluding hydrogens is 442 g/mol. The number of benzene rings is 2. The number of thiazole rings is 1. The Morgan fingerprint density at radius 2 is 2.03 bits per heavy atom. The molecule has 0 bridgehead atoms. The summed E-state index contributed by atoms with van der Waals surface area (Å²) in [5, 5.41) is 5.07. The summed E-state index contributed by atoms with van der Waals surface area (Å²) in [6, 6.07) is 16.6. The van der Waals surface area contributed by atoms with E-state index in [1.165, 1.54) is 11.3 Å². The first kappa shape index (κ1) is 20.8. The molecule has 0 saturated carbocycles. The van der Waals surface area contributed by atoms with Crippen molar-refractivity contribution in [3.05, 3.63) is 81.5 Å². The number of thiophene rings is 1. The van der Waals surface area contributed by atoms with Gasteiger partial charge in [0, 0.05) is 29.8 Å². The van der Waals surface area contributed by atoms with E-state index < -0.39 is 12.0 Å². The van der Waals surface area contributed by atoms with E-state index in [2.05, 4.69) is 10.3 Å². The van der Waals surface area contributed by atoms with Crippen molar-refractivity contribution in [1.29, 1.82) is 0 Å². The van der Waals surface area contributed by atoms with Crippen LogP contribution in [0, 0.1) is 0 Å². The molecule has 1 N–H and O–H groups in total. The lowest BCUT2D eigenvalue weighted by molar-refractivity contribution is -0.119. The van der Waals surface area contributed by atoms with Crippen LogP contribution in [0.25, 0.3) is 10.2 Å². The lowest BCUT2D eigenvalue weighted by Crippen LogP contribution is -2.47. The molecule has 32 heavy (non-hydrogen) atoms. The van der Waals surface area contributed by atoms with Gasteiger partial charge in [-0.05, 0) is 41.3 Å². The van der Waals surface area contributed by atoms with Crippen LogP contribution in [0.2, 0.25) is 0 Å². The van der Waals surface area contributed by atoms with Crippen molar-refractivity contribution in [2.24, 2.45) is 0 Å². The van der Waals surface area contributed by atoms with Gasteiger partial charge in [0.05, 0.1) is 34.3 Å². The number of rotatable bonds is 6. The first-order valence-electron chi connectivity index (χ1n) is 10.2. The molecule has 0 fully saturated rings. The predicted octanol–water partition coefficient (Wildman–Crippen LogP) is 4.92. The molecule has 0 radical (unpaired) electrons. The van der Waals surface area contributed by atoms with Crippen LogP contribution in [0.15, 0.2) is 65.5 Å². The average Bonchev–Trinajstić information content (AvgIpc) is 3.50. The molecule has 0 aliphatic carbocycles. The zero-order valence-corrected chi connectivity index (χ0v) is 19.0. The molecule has 8 heteroatoms. The monoisotopic (exact) mass is 463 g/mol. The average molecular weight is 464 g/mol. The van der Waals surface area contributed by atoms with Gasteiger partial charge in [0.15, 0.2) is 0 Å². The van der Waals surface area contributed by atoms with Crippen molar-refractivity contribution in [3.63, 3.8) is 0 Å². The molecule has 2 atom stereocenters. The van der Waals surface area contributed by atoms with Crippen molar-refractivity contribution in [2.75, 3.05) is 25.6 Å². The molecule has 0 spiro atoms. The first-order valence-corrected chi connectivity index (χ1v) is 12.0. The fraction of sp³-hybridized carbons (Fsp3) is 0.208. The lowest BCUT2D eigenvalue weighted by Gasteiger charge is -2.41. The summed E-state index contributed by atoms with van der Waals surface area (Å²) >= 11 is 3.09. The first-order chi connectivity index (χ1) is 15.7. The Labute approximate surface area is 193 Å². The Hall–Kier alpha value is -3.07. The number of nitrogens with zero attached hydrogens (tertiary/aromatic N) is 2. The summed E-state index contributed by atoms with van der Waals surface area (Å²) in [6.07, 6.45) is 0. The van der Waals surface area contributed by atoms with Crippen LogP contribution in [0.4, 0.5) is 5.69 Å². The van der Waals surface area contributed by atoms with Crippen LogP contribution in [0.3, 0.4) is 0 Å². The molecule has 1 aliphatic heterocycles. The summed E-state index contributed by atoms with van der Waals surface area (Å²) in [5.74, 6) is -0.766. The van der Waals surface area contributed by atoms with Crippen LogP contribution in [-0.4, -0.2) is 42.0 Å². The van der Waals surface area contributed by atoms with Gasteiger partial charge >= 0.3 is 0 Å². The topological polar surface area (TPSA) is 71.5 Å². The Morgan fingerprint density at radius 3 is 2.84 bits per heavy atom. The Morgan fingerprint density at radius 1 is 1.16 bits per heavy atom. The van der Waals surface area contributed by atoms with E-state index in [0.717, 1.165) is 26.3 Å². The van der Waals surface area contributed by atoms with Crippen LogP contribution >= 0.6 is 22.7 Å². The maximum Gasteiger partial charge on any atom is 0.254 e. The van der Waals surface area contributed by atoms with Crippen molar-refractivity contribution < 1.29 is 14.3 Å². The number of fused-ring (bicyclic) bond motifs is 2. The number of amides is 2. The van der Waals surface area contributed by atoms with Gasteiger partial charge < -0.3 is 15.0 Å². The van der Waals surface area contributed by atoms with E-state index in [1.807, 2.05) is 53.9 Å². The maximum absolute atomic E-state index is 13.7. The van der Waals surface area contributed by atoms with Crippen LogP contribution in [0.5, 0.6) is 0 Å². The number of hydrogen-bond acceptors (Lipinski definition) is 6. The van der Waals surface area contributed by atoms with E-state index >= 15 is 0 Å². The van der Waals surface area contributed by atoms with Gasteiger partial charge in [-0.3, -0.25) is 9.59 Å². The Balaban J connectivity index is 1.58. The fourth-order valence-corrected chi connectivity index (χ4v) is 5.83. The van der Waals surface area contributed by atoms with Crippen LogP contribution in [-0.2, 0) is 9.53 Å². The minimum Gasteiger partial charge on any atom is -0.383 e. The second-order valence-corrected chi connectivity index (χ2v) is 9.41. The molecule has 0 saturated heterocycles. The predicted molar refractivity (Wildman–Crippen MR) is 127 cm³/mol. The fourth-order valence-electron chi connectivity index (χ4n) is 4.24. The second kappa shape index (κ2) is 8.82. The third kappa shape index (κ3) is 3.70. The second-order valence-electron chi connectivity index (χ2n) is 7.54. The molecule has 2 unspecified atom stereocenters. The zero-order chi connectivity index (χ0) is 22.1.